The third-order valence-corrected chi connectivity index (χ3v) is 7.17. The monoisotopic (exact) mass is 484 g/mol. The van der Waals surface area contributed by atoms with Crippen LogP contribution in [0.1, 0.15) is 29.7 Å². The van der Waals surface area contributed by atoms with Crippen molar-refractivity contribution in [2.24, 2.45) is 0 Å². The lowest BCUT2D eigenvalue weighted by atomic mass is 10.1. The first-order chi connectivity index (χ1) is 14.7. The molecule has 0 bridgehead atoms. The zero-order chi connectivity index (χ0) is 22.3. The van der Waals surface area contributed by atoms with Crippen molar-refractivity contribution < 1.29 is 18.3 Å². The first-order valence-corrected chi connectivity index (χ1v) is 11.5. The van der Waals surface area contributed by atoms with Crippen molar-refractivity contribution in [3.63, 3.8) is 0 Å². The highest BCUT2D eigenvalue weighted by atomic mass is 35.5. The number of carboxylic acid groups (broad SMARTS) is 1. The molecule has 3 heterocycles. The van der Waals surface area contributed by atoms with Crippen molar-refractivity contribution in [2.45, 2.75) is 32.4 Å². The number of carboxylic acids is 1. The number of nitrogens with one attached hydrogen (secondary N) is 3. The fourth-order valence-corrected chi connectivity index (χ4v) is 5.58. The van der Waals surface area contributed by atoms with E-state index in [1.54, 1.807) is 12.1 Å². The summed E-state index contributed by atoms with van der Waals surface area (Å²) in [7, 11) is -3.90. The molecule has 0 atom stereocenters. The summed E-state index contributed by atoms with van der Waals surface area (Å²) in [4.78, 5) is 27.9. The Bertz CT molecular complexity index is 1350. The molecule has 0 fully saturated rings. The number of aromatic amines is 2. The molecule has 0 unspecified atom stereocenters. The minimum absolute atomic E-state index is 0.0125. The predicted molar refractivity (Wildman–Crippen MR) is 118 cm³/mol. The van der Waals surface area contributed by atoms with Crippen molar-refractivity contribution in [1.82, 2.24) is 14.3 Å². The maximum Gasteiger partial charge on any atom is 0.303 e. The van der Waals surface area contributed by atoms with Crippen LogP contribution in [0.4, 0.5) is 5.69 Å². The molecule has 12 heteroatoms. The molecule has 4 rings (SSSR count). The number of hydrogen-bond acceptors (Lipinski definition) is 4. The average molecular weight is 485 g/mol. The second-order valence-corrected chi connectivity index (χ2v) is 9.70. The molecular weight excluding hydrogens is 467 g/mol. The van der Waals surface area contributed by atoms with Gasteiger partial charge in [-0.15, -0.1) is 0 Å². The summed E-state index contributed by atoms with van der Waals surface area (Å²) in [5.41, 5.74) is 2.28. The molecule has 1 aliphatic rings. The molecule has 0 saturated carbocycles. The second-order valence-electron chi connectivity index (χ2n) is 7.24. The van der Waals surface area contributed by atoms with E-state index < -0.39 is 16.2 Å². The molecule has 0 aliphatic carbocycles. The van der Waals surface area contributed by atoms with Gasteiger partial charge in [-0.05, 0) is 36.1 Å². The van der Waals surface area contributed by atoms with Gasteiger partial charge in [0.15, 0.2) is 0 Å². The Morgan fingerprint density at radius 3 is 2.74 bits per heavy atom. The van der Waals surface area contributed by atoms with Crippen LogP contribution in [-0.4, -0.2) is 33.8 Å². The van der Waals surface area contributed by atoms with Gasteiger partial charge in [-0.1, -0.05) is 23.2 Å². The van der Waals surface area contributed by atoms with E-state index in [1.807, 2.05) is 0 Å². The van der Waals surface area contributed by atoms with Crippen LogP contribution in [0.5, 0.6) is 0 Å². The summed E-state index contributed by atoms with van der Waals surface area (Å²) in [6.45, 7) is 0.0678. The number of aryl methyl sites for hydroxylation is 1. The predicted octanol–water partition coefficient (Wildman–Crippen LogP) is 3.24. The van der Waals surface area contributed by atoms with Gasteiger partial charge in [0.2, 0.25) is 5.56 Å². The number of pyridine rings is 1. The van der Waals surface area contributed by atoms with E-state index in [-0.39, 0.29) is 25.1 Å². The number of nitrogens with zero attached hydrogens (tertiary/aromatic N) is 1. The Kier molecular flexibility index (Phi) is 5.73. The van der Waals surface area contributed by atoms with Gasteiger partial charge in [0.1, 0.15) is 0 Å². The molecule has 31 heavy (non-hydrogen) atoms. The van der Waals surface area contributed by atoms with E-state index in [4.69, 9.17) is 28.3 Å². The van der Waals surface area contributed by atoms with Gasteiger partial charge >= 0.3 is 16.2 Å². The van der Waals surface area contributed by atoms with Gasteiger partial charge in [-0.2, -0.15) is 12.7 Å². The number of anilines is 1. The molecule has 9 nitrogen and oxygen atoms in total. The van der Waals surface area contributed by atoms with Crippen molar-refractivity contribution >= 4 is 56.0 Å². The molecule has 1 aliphatic heterocycles. The molecule has 3 aromatic rings. The van der Waals surface area contributed by atoms with Crippen LogP contribution in [0, 0.1) is 0 Å². The summed E-state index contributed by atoms with van der Waals surface area (Å²) in [6, 6.07) is 4.64. The van der Waals surface area contributed by atoms with Gasteiger partial charge < -0.3 is 15.1 Å². The van der Waals surface area contributed by atoms with Crippen molar-refractivity contribution in [1.29, 1.82) is 0 Å². The Labute approximate surface area is 187 Å². The summed E-state index contributed by atoms with van der Waals surface area (Å²) in [5.74, 6) is -0.907. The molecule has 2 aromatic heterocycles. The van der Waals surface area contributed by atoms with E-state index in [1.165, 1.54) is 16.6 Å². The number of H-pyrrole nitrogens is 2. The number of benzene rings is 1. The van der Waals surface area contributed by atoms with Crippen LogP contribution in [0.2, 0.25) is 10.0 Å². The third-order valence-electron chi connectivity index (χ3n) is 5.05. The number of fused-ring (bicyclic) bond motifs is 3. The minimum atomic E-state index is -3.90. The minimum Gasteiger partial charge on any atom is -0.481 e. The van der Waals surface area contributed by atoms with Gasteiger partial charge in [0, 0.05) is 42.9 Å². The number of halogens is 2. The number of rotatable bonds is 6. The molecule has 0 spiro atoms. The number of hydrogen-bond donors (Lipinski definition) is 4. The summed E-state index contributed by atoms with van der Waals surface area (Å²) >= 11 is 12.9. The SMILES string of the molecule is O=C(O)CCCc1[nH]c2c3c(cc(Cl)c2c1Cl)CN(Cc1cc[nH]c(=O)c1)S(=O)(=O)N3. The summed E-state index contributed by atoms with van der Waals surface area (Å²) in [5, 5.41) is 10.0. The van der Waals surface area contributed by atoms with Crippen molar-refractivity contribution in [2.75, 3.05) is 4.72 Å². The van der Waals surface area contributed by atoms with Crippen LogP contribution in [0.25, 0.3) is 10.9 Å². The topological polar surface area (TPSA) is 135 Å². The van der Waals surface area contributed by atoms with Gasteiger partial charge in [0.25, 0.3) is 0 Å². The van der Waals surface area contributed by atoms with Gasteiger partial charge in [-0.25, -0.2) is 0 Å². The summed E-state index contributed by atoms with van der Waals surface area (Å²) < 4.78 is 29.6. The molecule has 0 radical (unpaired) electrons. The highest BCUT2D eigenvalue weighted by molar-refractivity contribution is 7.90. The number of carbonyl (C=O) groups is 1. The fourth-order valence-electron chi connectivity index (χ4n) is 3.63. The quantitative estimate of drug-likeness (QED) is 0.425. The second kappa shape index (κ2) is 8.19. The first-order valence-electron chi connectivity index (χ1n) is 9.34. The lowest BCUT2D eigenvalue weighted by Crippen LogP contribution is -2.39. The molecule has 0 amide bonds. The standard InChI is InChI=1S/C19H18Cl2N4O5S/c20-12-7-11-9-25(8-10-4-5-22-14(26)6-10)31(29,30)24-18(11)19-16(12)17(21)13(23-19)2-1-3-15(27)28/h4-7,23-24H,1-3,8-9H2,(H,22,26)(H,27,28). The van der Waals surface area contributed by atoms with Crippen LogP contribution < -0.4 is 10.3 Å². The van der Waals surface area contributed by atoms with Gasteiger partial charge in [0.05, 0.1) is 21.2 Å². The van der Waals surface area contributed by atoms with Crippen LogP contribution in [0.3, 0.4) is 0 Å². The maximum absolute atomic E-state index is 12.9. The largest absolute Gasteiger partial charge is 0.481 e. The third kappa shape index (κ3) is 4.29. The van der Waals surface area contributed by atoms with E-state index in [9.17, 15) is 18.0 Å². The lowest BCUT2D eigenvalue weighted by molar-refractivity contribution is -0.137. The Hall–Kier alpha value is -2.53. The molecule has 164 valence electrons. The highest BCUT2D eigenvalue weighted by Gasteiger charge is 2.32. The Morgan fingerprint density at radius 2 is 2.03 bits per heavy atom. The van der Waals surface area contributed by atoms with E-state index >= 15 is 0 Å². The summed E-state index contributed by atoms with van der Waals surface area (Å²) in [6.07, 6.45) is 2.20. The van der Waals surface area contributed by atoms with Gasteiger partial charge in [-0.3, -0.25) is 14.3 Å². The smallest absolute Gasteiger partial charge is 0.303 e. The van der Waals surface area contributed by atoms with Crippen LogP contribution in [-0.2, 0) is 34.5 Å². The maximum atomic E-state index is 12.9. The molecule has 1 aromatic carbocycles. The zero-order valence-electron chi connectivity index (χ0n) is 16.0. The van der Waals surface area contributed by atoms with E-state index in [0.717, 1.165) is 0 Å². The highest BCUT2D eigenvalue weighted by Crippen LogP contribution is 2.42. The molecular formula is C19H18Cl2N4O5S. The molecule has 0 saturated heterocycles. The number of aliphatic carboxylic acids is 1. The Balaban J connectivity index is 1.71. The zero-order valence-corrected chi connectivity index (χ0v) is 18.4. The Morgan fingerprint density at radius 1 is 1.26 bits per heavy atom. The van der Waals surface area contributed by atoms with Crippen molar-refractivity contribution in [3.8, 4) is 0 Å². The van der Waals surface area contributed by atoms with Crippen molar-refractivity contribution in [3.05, 3.63) is 61.6 Å². The van der Waals surface area contributed by atoms with Crippen LogP contribution >= 0.6 is 23.2 Å². The lowest BCUT2D eigenvalue weighted by Gasteiger charge is -2.29. The molecule has 4 N–H and O–H groups in total. The number of aromatic nitrogens is 2. The van der Waals surface area contributed by atoms with E-state index in [2.05, 4.69) is 14.7 Å². The average Bonchev–Trinajstić information content (AvgIpc) is 3.00. The normalized spacial score (nSPS) is 15.5. The van der Waals surface area contributed by atoms with Crippen LogP contribution in [0.15, 0.2) is 29.2 Å². The first kappa shape index (κ1) is 21.7. The van der Waals surface area contributed by atoms with E-state index in [0.29, 0.717) is 56.3 Å². The fraction of sp³-hybridized carbons (Fsp3) is 0.263.